The van der Waals surface area contributed by atoms with Crippen molar-refractivity contribution in [2.45, 2.75) is 13.5 Å². The van der Waals surface area contributed by atoms with E-state index in [4.69, 9.17) is 9.15 Å². The maximum atomic E-state index is 5.93. The number of hydrogen-bond donors (Lipinski definition) is 0. The van der Waals surface area contributed by atoms with Gasteiger partial charge in [0.05, 0.1) is 0 Å². The average molecular weight is 304 g/mol. The van der Waals surface area contributed by atoms with E-state index in [9.17, 15) is 0 Å². The molecule has 114 valence electrons. The van der Waals surface area contributed by atoms with Crippen molar-refractivity contribution in [1.82, 2.24) is 9.55 Å². The zero-order valence-corrected chi connectivity index (χ0v) is 12.8. The summed E-state index contributed by atoms with van der Waals surface area (Å²) in [6, 6.07) is 18.0. The van der Waals surface area contributed by atoms with Gasteiger partial charge >= 0.3 is 0 Å². The van der Waals surface area contributed by atoms with Crippen LogP contribution in [0.1, 0.15) is 11.4 Å². The number of aromatic nitrogens is 2. The van der Waals surface area contributed by atoms with Crippen molar-refractivity contribution in [2.24, 2.45) is 0 Å². The SMILES string of the molecule is Cc1nccn1-c1cc2ccc(OCc3ccccc3)cc2o1. The quantitative estimate of drug-likeness (QED) is 0.557. The van der Waals surface area contributed by atoms with E-state index >= 15 is 0 Å². The minimum Gasteiger partial charge on any atom is -0.489 e. The summed E-state index contributed by atoms with van der Waals surface area (Å²) in [5, 5.41) is 1.04. The highest BCUT2D eigenvalue weighted by atomic mass is 16.5. The summed E-state index contributed by atoms with van der Waals surface area (Å²) in [6.45, 7) is 2.49. The molecule has 0 atom stereocenters. The zero-order valence-electron chi connectivity index (χ0n) is 12.8. The molecule has 0 saturated carbocycles. The van der Waals surface area contributed by atoms with Crippen LogP contribution in [0.2, 0.25) is 0 Å². The van der Waals surface area contributed by atoms with Crippen molar-refractivity contribution in [1.29, 1.82) is 0 Å². The van der Waals surface area contributed by atoms with Gasteiger partial charge in [0.15, 0.2) is 0 Å². The number of hydrogen-bond acceptors (Lipinski definition) is 3. The summed E-state index contributed by atoms with van der Waals surface area (Å²) in [5.74, 6) is 2.45. The molecule has 0 spiro atoms. The van der Waals surface area contributed by atoms with E-state index in [2.05, 4.69) is 4.98 Å². The molecule has 0 aliphatic carbocycles. The van der Waals surface area contributed by atoms with Crippen molar-refractivity contribution in [2.75, 3.05) is 0 Å². The minimum atomic E-state index is 0.542. The third-order valence-electron chi connectivity index (χ3n) is 3.79. The Hall–Kier alpha value is -3.01. The molecule has 0 aliphatic rings. The molecular formula is C19H16N2O2. The van der Waals surface area contributed by atoms with E-state index in [0.29, 0.717) is 6.61 Å². The molecule has 23 heavy (non-hydrogen) atoms. The van der Waals surface area contributed by atoms with Crippen molar-refractivity contribution in [3.8, 4) is 11.6 Å². The first kappa shape index (κ1) is 13.6. The molecule has 4 nitrogen and oxygen atoms in total. The van der Waals surface area contributed by atoms with Crippen LogP contribution in [0.3, 0.4) is 0 Å². The molecule has 0 radical (unpaired) electrons. The zero-order chi connectivity index (χ0) is 15.6. The number of furan rings is 1. The van der Waals surface area contributed by atoms with E-state index in [0.717, 1.165) is 34.0 Å². The first-order valence-electron chi connectivity index (χ1n) is 7.50. The first-order valence-corrected chi connectivity index (χ1v) is 7.50. The molecule has 0 amide bonds. The average Bonchev–Trinajstić information content (AvgIpc) is 3.19. The van der Waals surface area contributed by atoms with Crippen LogP contribution in [0.4, 0.5) is 0 Å². The topological polar surface area (TPSA) is 40.2 Å². The molecule has 0 bridgehead atoms. The van der Waals surface area contributed by atoms with Gasteiger partial charge in [-0.05, 0) is 24.6 Å². The number of ether oxygens (including phenoxy) is 1. The number of rotatable bonds is 4. The van der Waals surface area contributed by atoms with E-state index in [1.54, 1.807) is 6.20 Å². The van der Waals surface area contributed by atoms with Gasteiger partial charge in [0.1, 0.15) is 23.8 Å². The van der Waals surface area contributed by atoms with Gasteiger partial charge in [-0.15, -0.1) is 0 Å². The monoisotopic (exact) mass is 304 g/mol. The van der Waals surface area contributed by atoms with E-state index < -0.39 is 0 Å². The van der Waals surface area contributed by atoms with Crippen LogP contribution in [0.15, 0.2) is 71.4 Å². The Balaban J connectivity index is 1.59. The van der Waals surface area contributed by atoms with Crippen molar-refractivity contribution in [3.05, 3.63) is 78.4 Å². The second kappa shape index (κ2) is 5.65. The van der Waals surface area contributed by atoms with Crippen LogP contribution in [0.5, 0.6) is 5.75 Å². The van der Waals surface area contributed by atoms with Gasteiger partial charge < -0.3 is 9.15 Å². The summed E-state index contributed by atoms with van der Waals surface area (Å²) in [7, 11) is 0. The number of benzene rings is 2. The van der Waals surface area contributed by atoms with Crippen LogP contribution < -0.4 is 4.74 Å². The molecule has 0 N–H and O–H groups in total. The molecule has 4 rings (SSSR count). The van der Waals surface area contributed by atoms with Crippen molar-refractivity contribution < 1.29 is 9.15 Å². The fourth-order valence-corrected chi connectivity index (χ4v) is 2.56. The molecule has 0 aliphatic heterocycles. The lowest BCUT2D eigenvalue weighted by molar-refractivity contribution is 0.306. The van der Waals surface area contributed by atoms with Gasteiger partial charge in [0.2, 0.25) is 5.88 Å². The molecule has 4 heteroatoms. The molecule has 0 fully saturated rings. The molecule has 4 aromatic rings. The summed E-state index contributed by atoms with van der Waals surface area (Å²) < 4.78 is 13.7. The fourth-order valence-electron chi connectivity index (χ4n) is 2.56. The van der Waals surface area contributed by atoms with Crippen LogP contribution in [0.25, 0.3) is 16.9 Å². The Morgan fingerprint density at radius 3 is 2.74 bits per heavy atom. The van der Waals surface area contributed by atoms with Crippen molar-refractivity contribution in [3.63, 3.8) is 0 Å². The first-order chi connectivity index (χ1) is 11.3. The van der Waals surface area contributed by atoms with Gasteiger partial charge in [-0.1, -0.05) is 30.3 Å². The third-order valence-corrected chi connectivity index (χ3v) is 3.79. The van der Waals surface area contributed by atoms with Crippen LogP contribution in [-0.2, 0) is 6.61 Å². The molecule has 2 aromatic carbocycles. The summed E-state index contributed by atoms with van der Waals surface area (Å²) >= 11 is 0. The molecular weight excluding hydrogens is 288 g/mol. The Morgan fingerprint density at radius 1 is 1.09 bits per heavy atom. The second-order valence-electron chi connectivity index (χ2n) is 5.40. The smallest absolute Gasteiger partial charge is 0.206 e. The van der Waals surface area contributed by atoms with Gasteiger partial charge in [-0.2, -0.15) is 0 Å². The van der Waals surface area contributed by atoms with E-state index in [1.165, 1.54) is 0 Å². The molecule has 2 heterocycles. The molecule has 2 aromatic heterocycles. The lowest BCUT2D eigenvalue weighted by Gasteiger charge is -2.05. The highest BCUT2D eigenvalue weighted by Crippen LogP contribution is 2.27. The number of aryl methyl sites for hydroxylation is 1. The van der Waals surface area contributed by atoms with Crippen LogP contribution >= 0.6 is 0 Å². The number of imidazole rings is 1. The Labute approximate surface area is 134 Å². The van der Waals surface area contributed by atoms with Gasteiger partial charge in [0.25, 0.3) is 0 Å². The predicted molar refractivity (Wildman–Crippen MR) is 88.8 cm³/mol. The maximum Gasteiger partial charge on any atom is 0.206 e. The highest BCUT2D eigenvalue weighted by Gasteiger charge is 2.08. The van der Waals surface area contributed by atoms with Crippen molar-refractivity contribution >= 4 is 11.0 Å². The van der Waals surface area contributed by atoms with Gasteiger partial charge in [0, 0.05) is 29.9 Å². The summed E-state index contributed by atoms with van der Waals surface area (Å²) in [5.41, 5.74) is 1.94. The maximum absolute atomic E-state index is 5.93. The Morgan fingerprint density at radius 2 is 1.96 bits per heavy atom. The Kier molecular flexibility index (Phi) is 3.35. The van der Waals surface area contributed by atoms with Crippen LogP contribution in [-0.4, -0.2) is 9.55 Å². The lowest BCUT2D eigenvalue weighted by Crippen LogP contribution is -1.94. The molecule has 0 saturated heterocycles. The molecule has 0 unspecified atom stereocenters. The highest BCUT2D eigenvalue weighted by molar-refractivity contribution is 5.80. The van der Waals surface area contributed by atoms with Gasteiger partial charge in [-0.25, -0.2) is 4.98 Å². The minimum absolute atomic E-state index is 0.542. The fraction of sp³-hybridized carbons (Fsp3) is 0.105. The van der Waals surface area contributed by atoms with Crippen LogP contribution in [0, 0.1) is 6.92 Å². The van der Waals surface area contributed by atoms with E-state index in [1.807, 2.05) is 72.3 Å². The Bertz CT molecular complexity index is 938. The lowest BCUT2D eigenvalue weighted by atomic mass is 10.2. The predicted octanol–water partition coefficient (Wildman–Crippen LogP) is 4.51. The number of fused-ring (bicyclic) bond motifs is 1. The number of nitrogens with zero attached hydrogens (tertiary/aromatic N) is 2. The summed E-state index contributed by atoms with van der Waals surface area (Å²) in [6.07, 6.45) is 3.65. The largest absolute Gasteiger partial charge is 0.489 e. The third kappa shape index (κ3) is 2.71. The standard InChI is InChI=1S/C19H16N2O2/c1-14-20-9-10-21(14)19-11-16-7-8-17(12-18(16)23-19)22-13-15-5-3-2-4-6-15/h2-12H,13H2,1H3. The second-order valence-corrected chi connectivity index (χ2v) is 5.40. The van der Waals surface area contributed by atoms with Gasteiger partial charge in [-0.3, -0.25) is 4.57 Å². The summed E-state index contributed by atoms with van der Waals surface area (Å²) in [4.78, 5) is 4.22. The van der Waals surface area contributed by atoms with E-state index in [-0.39, 0.29) is 0 Å². The normalized spacial score (nSPS) is 11.0.